The van der Waals surface area contributed by atoms with Gasteiger partial charge in [0.25, 0.3) is 0 Å². The maximum Gasteiger partial charge on any atom is 0.248 e. The third-order valence-electron chi connectivity index (χ3n) is 14.8. The van der Waals surface area contributed by atoms with E-state index >= 15 is 0 Å². The van der Waals surface area contributed by atoms with Gasteiger partial charge in [-0.15, -0.1) is 0 Å². The van der Waals surface area contributed by atoms with Crippen LogP contribution in [-0.4, -0.2) is 184 Å². The molecule has 2 aliphatic rings. The number of aromatic hydroxyl groups is 1. The van der Waals surface area contributed by atoms with Gasteiger partial charge in [-0.25, -0.2) is 0 Å². The van der Waals surface area contributed by atoms with Crippen LogP contribution in [0, 0.1) is 17.8 Å². The number of β-amino-alcohol motifs (C(OH)–C–C–N with tert-alkyl or cyclic N) is 1. The van der Waals surface area contributed by atoms with Gasteiger partial charge in [0.1, 0.15) is 48.2 Å². The molecule has 3 rings (SSSR count). The second kappa shape index (κ2) is 31.4. The number of nitrogens with zero attached hydrogens (tertiary/aromatic N) is 2. The molecule has 0 radical (unpaired) electrons. The molecule has 0 saturated carbocycles. The lowest BCUT2D eigenvalue weighted by Crippen LogP contribution is -2.61. The summed E-state index contributed by atoms with van der Waals surface area (Å²) in [6, 6.07) is -4.05. The van der Waals surface area contributed by atoms with Crippen LogP contribution in [0.1, 0.15) is 150 Å². The first-order valence-electron chi connectivity index (χ1n) is 26.9. The molecule has 2 fully saturated rings. The number of aliphatic hydroxyl groups excluding tert-OH is 7. The van der Waals surface area contributed by atoms with Gasteiger partial charge in [-0.3, -0.25) is 33.6 Å². The number of amides is 6. The van der Waals surface area contributed by atoms with Gasteiger partial charge in [-0.1, -0.05) is 84.8 Å². The first-order chi connectivity index (χ1) is 35.3. The number of likely N-dealkylation sites (tertiary alicyclic amines) is 2. The number of ketones is 1. The number of Topliss-reactive ketones (excluding diaryl/α,β-unsaturated/α-hetero) is 1. The minimum atomic E-state index is -1.90. The monoisotopic (exact) mass is 1060 g/mol. The average Bonchev–Trinajstić information content (AvgIpc) is 3.96. The van der Waals surface area contributed by atoms with Crippen molar-refractivity contribution in [2.45, 2.75) is 217 Å². The van der Waals surface area contributed by atoms with Crippen molar-refractivity contribution in [2.24, 2.45) is 23.5 Å². The number of nitrogens with two attached hydrogens (primary N) is 1. The molecule has 2 unspecified atom stereocenters. The Morgan fingerprint density at radius 1 is 0.720 bits per heavy atom. The Morgan fingerprint density at radius 3 is 1.95 bits per heavy atom. The summed E-state index contributed by atoms with van der Waals surface area (Å²) in [6.45, 7) is 11.5. The number of hydrogen-bond acceptors (Lipinski definition) is 16. The fourth-order valence-corrected chi connectivity index (χ4v) is 9.85. The summed E-state index contributed by atoms with van der Waals surface area (Å²) in [7, 11) is 0. The Balaban J connectivity index is 1.78. The smallest absolute Gasteiger partial charge is 0.248 e. The second-order valence-electron chi connectivity index (χ2n) is 21.2. The second-order valence-corrected chi connectivity index (χ2v) is 21.2. The molecule has 22 heteroatoms. The zero-order chi connectivity index (χ0) is 56.3. The van der Waals surface area contributed by atoms with Crippen molar-refractivity contribution in [3.8, 4) is 5.75 Å². The lowest BCUT2D eigenvalue weighted by Gasteiger charge is -2.33. The van der Waals surface area contributed by atoms with Crippen LogP contribution in [0.3, 0.4) is 0 Å². The predicted molar refractivity (Wildman–Crippen MR) is 277 cm³/mol. The molecule has 75 heavy (non-hydrogen) atoms. The lowest BCUT2D eigenvalue weighted by atomic mass is 9.91. The standard InChI is InChI=1S/C53H89N7O15/c1-8-29(2)25-30(3)15-13-11-9-10-12-14-16-43(68)56-38(27-42(67)32(5)55-51(73)46-41(66)22-24-59(46)52(74)31(4)40(65)21-23-54)49(71)58-45(34(7)62)53(75)60-28-37(64)26-39(60)50(72)57-44(33(6)61)48(70)47(69)35-17-19-36(63)20-18-35/h17-20,29-32,34,37-42,44-48,62-67,69-70H,8-16,21-28,54H2,1-7H3,(H,55,73)(H,56,68)(H,57,72)(H,58,71)/t29?,30?,31-,32+,34+,37+,38-,39-,40+,41-,42+,44+,45-,46-,47-,48-/m0/s1. The van der Waals surface area contributed by atoms with Crippen LogP contribution in [0.2, 0.25) is 0 Å². The van der Waals surface area contributed by atoms with Gasteiger partial charge in [0.05, 0.1) is 42.5 Å². The Kier molecular flexibility index (Phi) is 27.0. The van der Waals surface area contributed by atoms with E-state index in [1.165, 1.54) is 51.5 Å². The van der Waals surface area contributed by atoms with Crippen molar-refractivity contribution in [3.05, 3.63) is 29.8 Å². The van der Waals surface area contributed by atoms with Crippen molar-refractivity contribution < 1.29 is 74.4 Å². The molecule has 0 bridgehead atoms. The maximum atomic E-state index is 14.3. The van der Waals surface area contributed by atoms with Crippen LogP contribution in [0.4, 0.5) is 0 Å². The predicted octanol–water partition coefficient (Wildman–Crippen LogP) is -0.0711. The number of carbonyl (C=O) groups excluding carboxylic acids is 7. The quantitative estimate of drug-likeness (QED) is 0.0420. The zero-order valence-electron chi connectivity index (χ0n) is 45.0. The molecule has 22 nitrogen and oxygen atoms in total. The largest absolute Gasteiger partial charge is 0.508 e. The molecular formula is C53H89N7O15. The van der Waals surface area contributed by atoms with Gasteiger partial charge in [0.15, 0.2) is 5.78 Å². The Hall–Kier alpha value is -4.81. The number of benzene rings is 1. The third kappa shape index (κ3) is 19.6. The number of aliphatic hydroxyl groups is 7. The van der Waals surface area contributed by atoms with Crippen molar-refractivity contribution in [2.75, 3.05) is 19.6 Å². The summed E-state index contributed by atoms with van der Waals surface area (Å²) >= 11 is 0. The molecule has 16 atom stereocenters. The van der Waals surface area contributed by atoms with E-state index in [2.05, 4.69) is 42.0 Å². The van der Waals surface area contributed by atoms with E-state index in [4.69, 9.17) is 5.73 Å². The third-order valence-corrected chi connectivity index (χ3v) is 14.8. The van der Waals surface area contributed by atoms with Crippen LogP contribution in [0.15, 0.2) is 24.3 Å². The summed E-state index contributed by atoms with van der Waals surface area (Å²) in [5, 5.41) is 96.0. The molecule has 2 saturated heterocycles. The van der Waals surface area contributed by atoms with Gasteiger partial charge in [-0.05, 0) is 82.5 Å². The van der Waals surface area contributed by atoms with Gasteiger partial charge in [-0.2, -0.15) is 0 Å². The zero-order valence-corrected chi connectivity index (χ0v) is 45.0. The molecule has 0 aliphatic carbocycles. The van der Waals surface area contributed by atoms with E-state index < -0.39 is 139 Å². The van der Waals surface area contributed by atoms with Crippen LogP contribution in [0.25, 0.3) is 0 Å². The first-order valence-corrected chi connectivity index (χ1v) is 26.9. The number of unbranched alkanes of at least 4 members (excludes halogenated alkanes) is 5. The van der Waals surface area contributed by atoms with Gasteiger partial charge in [0, 0.05) is 32.4 Å². The molecule has 0 aromatic heterocycles. The van der Waals surface area contributed by atoms with Crippen LogP contribution < -0.4 is 27.0 Å². The van der Waals surface area contributed by atoms with Gasteiger partial charge < -0.3 is 77.7 Å². The number of phenols is 1. The fraction of sp³-hybridized carbons (Fsp3) is 0.755. The van der Waals surface area contributed by atoms with Crippen molar-refractivity contribution in [1.29, 1.82) is 0 Å². The summed E-state index contributed by atoms with van der Waals surface area (Å²) in [5.74, 6) is -5.56. The van der Waals surface area contributed by atoms with E-state index in [1.807, 2.05) is 0 Å². The number of phenolic OH excluding ortho intramolecular Hbond substituents is 1. The summed E-state index contributed by atoms with van der Waals surface area (Å²) < 4.78 is 0. The SMILES string of the molecule is CCC(C)CC(C)CCCCCCCCC(=O)N[C@@H](C[C@@H](O)[C@@H](C)NC(=O)[C@@H]1[C@@H](O)CCN1C(=O)[C@@H](C)[C@H](O)CCN)C(=O)N[C@H](C(=O)N1C[C@H](O)C[C@H]1C(=O)N[C@H](C(C)=O)[C@H](O)[C@@H](O)c1ccc(O)cc1)[C@@H](C)O. The van der Waals surface area contributed by atoms with E-state index in [0.717, 1.165) is 61.7 Å². The highest BCUT2D eigenvalue weighted by molar-refractivity contribution is 5.96. The minimum absolute atomic E-state index is 0.00305. The Morgan fingerprint density at radius 2 is 1.35 bits per heavy atom. The molecular weight excluding hydrogens is 975 g/mol. The molecule has 2 aliphatic heterocycles. The number of nitrogens with one attached hydrogen (secondary N) is 4. The number of hydrogen-bond donors (Lipinski definition) is 13. The summed E-state index contributed by atoms with van der Waals surface area (Å²) in [4.78, 5) is 97.7. The van der Waals surface area contributed by atoms with E-state index in [9.17, 15) is 74.4 Å². The highest BCUT2D eigenvalue weighted by atomic mass is 16.3. The number of rotatable bonds is 32. The lowest BCUT2D eigenvalue weighted by molar-refractivity contribution is -0.146. The molecule has 2 heterocycles. The molecule has 1 aromatic rings. The minimum Gasteiger partial charge on any atom is -0.508 e. The maximum absolute atomic E-state index is 14.3. The van der Waals surface area contributed by atoms with Crippen molar-refractivity contribution >= 4 is 41.2 Å². The highest BCUT2D eigenvalue weighted by Gasteiger charge is 2.46. The van der Waals surface area contributed by atoms with Crippen molar-refractivity contribution in [3.63, 3.8) is 0 Å². The topological polar surface area (TPSA) is 362 Å². The Labute approximate surface area is 441 Å². The molecule has 1 aromatic carbocycles. The van der Waals surface area contributed by atoms with Crippen LogP contribution in [0.5, 0.6) is 5.75 Å². The van der Waals surface area contributed by atoms with E-state index in [1.54, 1.807) is 0 Å². The fourth-order valence-electron chi connectivity index (χ4n) is 9.85. The summed E-state index contributed by atoms with van der Waals surface area (Å²) in [5.41, 5.74) is 5.67. The van der Waals surface area contributed by atoms with Crippen LogP contribution in [-0.2, 0) is 33.6 Å². The normalized spacial score (nSPS) is 22.5. The first kappa shape index (κ1) is 64.5. The van der Waals surface area contributed by atoms with E-state index in [0.29, 0.717) is 18.3 Å². The Bertz CT molecular complexity index is 2000. The van der Waals surface area contributed by atoms with Crippen LogP contribution >= 0.6 is 0 Å². The van der Waals surface area contributed by atoms with Gasteiger partial charge in [0.2, 0.25) is 35.4 Å². The van der Waals surface area contributed by atoms with Crippen molar-refractivity contribution in [1.82, 2.24) is 31.1 Å². The molecule has 6 amide bonds. The van der Waals surface area contributed by atoms with E-state index in [-0.39, 0.29) is 50.1 Å². The summed E-state index contributed by atoms with van der Waals surface area (Å²) in [6.07, 6.45) is -2.42. The molecule has 14 N–H and O–H groups in total. The van der Waals surface area contributed by atoms with Gasteiger partial charge >= 0.3 is 0 Å². The molecule has 0 spiro atoms. The highest BCUT2D eigenvalue weighted by Crippen LogP contribution is 2.26. The molecule has 426 valence electrons. The number of carbonyl (C=O) groups is 7. The average molecular weight is 1060 g/mol.